The van der Waals surface area contributed by atoms with Crippen molar-refractivity contribution in [2.24, 2.45) is 0 Å². The highest BCUT2D eigenvalue weighted by molar-refractivity contribution is 5.94. The number of amides is 1. The zero-order valence-corrected chi connectivity index (χ0v) is 18.7. The maximum atomic E-state index is 12.4. The Morgan fingerprint density at radius 2 is 1.14 bits per heavy atom. The number of carbonyl (C=O) groups is 1. The summed E-state index contributed by atoms with van der Waals surface area (Å²) in [5.41, 5.74) is 0.682. The van der Waals surface area contributed by atoms with E-state index in [4.69, 9.17) is 0 Å². The van der Waals surface area contributed by atoms with Gasteiger partial charge in [-0.2, -0.15) is 0 Å². The van der Waals surface area contributed by atoms with Gasteiger partial charge in [-0.05, 0) is 37.8 Å². The first-order valence-corrected chi connectivity index (χ1v) is 11.1. The molecule has 0 spiro atoms. The van der Waals surface area contributed by atoms with Crippen LogP contribution in [0.5, 0.6) is 0 Å². The minimum Gasteiger partial charge on any atom is -0.759 e. The van der Waals surface area contributed by atoms with Crippen LogP contribution in [-0.2, 0) is 0 Å². The first kappa shape index (κ1) is 27.5. The van der Waals surface area contributed by atoms with Crippen LogP contribution >= 0.6 is 0 Å². The van der Waals surface area contributed by atoms with Gasteiger partial charge in [0, 0.05) is 11.6 Å². The molecule has 1 rings (SSSR count). The van der Waals surface area contributed by atoms with Crippen LogP contribution in [0.25, 0.3) is 0 Å². The maximum Gasteiger partial charge on any atom is 0.240 e. The van der Waals surface area contributed by atoms with E-state index < -0.39 is 17.5 Å². The molecule has 1 aromatic carbocycles. The van der Waals surface area contributed by atoms with Crippen molar-refractivity contribution in [1.82, 2.24) is 5.48 Å². The van der Waals surface area contributed by atoms with Crippen molar-refractivity contribution in [3.63, 3.8) is 0 Å². The number of hydrogen-bond acceptors (Lipinski definition) is 2. The summed E-state index contributed by atoms with van der Waals surface area (Å²) in [5.74, 6) is -2.85. The molecule has 0 aromatic heterocycles. The third-order valence-electron chi connectivity index (χ3n) is 5.16. The molecule has 29 heavy (non-hydrogen) atoms. The monoisotopic (exact) mass is 414 g/mol. The van der Waals surface area contributed by atoms with Crippen LogP contribution in [0.2, 0.25) is 0 Å². The highest BCUT2D eigenvalue weighted by Crippen LogP contribution is 2.16. The number of halogens is 2. The van der Waals surface area contributed by atoms with Crippen molar-refractivity contribution in [1.29, 1.82) is 0 Å². The Kier molecular flexibility index (Phi) is 15.4. The van der Waals surface area contributed by atoms with Crippen molar-refractivity contribution in [2.45, 2.75) is 79.1 Å². The highest BCUT2D eigenvalue weighted by Gasteiger charge is 2.24. The fourth-order valence-electron chi connectivity index (χ4n) is 3.39. The molecule has 0 unspecified atom stereocenters. The van der Waals surface area contributed by atoms with Crippen LogP contribution in [0.4, 0.5) is 8.78 Å². The van der Waals surface area contributed by atoms with Gasteiger partial charge >= 0.3 is 0 Å². The zero-order valence-electron chi connectivity index (χ0n) is 18.7. The fraction of sp³-hybridized carbons (Fsp3) is 0.696. The molecule has 0 bridgehead atoms. The number of hydrogen-bond donors (Lipinski definition) is 1. The molecule has 0 saturated heterocycles. The van der Waals surface area contributed by atoms with Gasteiger partial charge in [-0.25, -0.2) is 8.78 Å². The number of carbonyl (C=O) groups excluding carboxylic acids is 1. The smallest absolute Gasteiger partial charge is 0.240 e. The number of hydroxylamine groups is 1. The van der Waals surface area contributed by atoms with Gasteiger partial charge in [0.25, 0.3) is 0 Å². The van der Waals surface area contributed by atoms with E-state index in [0.717, 1.165) is 17.6 Å². The van der Waals surface area contributed by atoms with Crippen LogP contribution in [-0.4, -0.2) is 36.6 Å². The van der Waals surface area contributed by atoms with Crippen molar-refractivity contribution in [3.8, 4) is 0 Å². The lowest BCUT2D eigenvalue weighted by molar-refractivity contribution is -0.929. The Labute approximate surface area is 175 Å². The molecule has 0 fully saturated rings. The molecular weight excluding hydrogens is 374 g/mol. The number of unbranched alkanes of at least 4 members (excludes halogenated alkanes) is 4. The number of benzene rings is 1. The van der Waals surface area contributed by atoms with Crippen LogP contribution < -0.4 is 5.48 Å². The SMILES string of the molecule is CCCC[N+](CCCC)(CCCC)CCCC.O=C(N[O-])c1cc(F)cc(F)c1. The fourth-order valence-corrected chi connectivity index (χ4v) is 3.39. The molecule has 168 valence electrons. The van der Waals surface area contributed by atoms with Crippen molar-refractivity contribution in [3.05, 3.63) is 40.6 Å². The van der Waals surface area contributed by atoms with Gasteiger partial charge in [-0.15, -0.1) is 0 Å². The second kappa shape index (κ2) is 16.3. The first-order chi connectivity index (χ1) is 13.9. The quantitative estimate of drug-likeness (QED) is 0.309. The van der Waals surface area contributed by atoms with Crippen molar-refractivity contribution >= 4 is 5.91 Å². The second-order valence-electron chi connectivity index (χ2n) is 7.74. The summed E-state index contributed by atoms with van der Waals surface area (Å²) in [5, 5.41) is 9.81. The molecule has 0 saturated carbocycles. The predicted octanol–water partition coefficient (Wildman–Crippen LogP) is 6.20. The Balaban J connectivity index is 0.000000571. The molecule has 1 N–H and O–H groups in total. The van der Waals surface area contributed by atoms with E-state index in [2.05, 4.69) is 27.7 Å². The second-order valence-corrected chi connectivity index (χ2v) is 7.74. The van der Waals surface area contributed by atoms with Crippen molar-refractivity contribution < 1.29 is 18.1 Å². The summed E-state index contributed by atoms with van der Waals surface area (Å²) in [6.45, 7) is 15.0. The van der Waals surface area contributed by atoms with Gasteiger partial charge in [0.2, 0.25) is 5.91 Å². The molecule has 0 radical (unpaired) electrons. The van der Waals surface area contributed by atoms with Crippen LogP contribution in [0.15, 0.2) is 18.2 Å². The lowest BCUT2D eigenvalue weighted by Crippen LogP contribution is -2.50. The first-order valence-electron chi connectivity index (χ1n) is 11.1. The van der Waals surface area contributed by atoms with Gasteiger partial charge in [0.1, 0.15) is 11.6 Å². The Morgan fingerprint density at radius 1 is 0.793 bits per heavy atom. The van der Waals surface area contributed by atoms with Gasteiger partial charge in [0.15, 0.2) is 0 Å². The summed E-state index contributed by atoms with van der Waals surface area (Å²) in [4.78, 5) is 10.6. The van der Waals surface area contributed by atoms with Gasteiger partial charge in [-0.1, -0.05) is 53.4 Å². The molecular formula is C23H40F2N2O2. The standard InChI is InChI=1S/C16H36N.C7H4F2NO2/c1-5-9-13-17(14-10-6-2,15-11-7-3)16-12-8-4;8-5-1-4(7(11)10-12)2-6(9)3-5/h5-16H2,1-4H3;1-3H,(H-,10,11,12)/q+1;-1. The van der Waals surface area contributed by atoms with E-state index in [9.17, 15) is 18.8 Å². The Hall–Kier alpha value is -1.53. The number of nitrogens with zero attached hydrogens (tertiary/aromatic N) is 1. The van der Waals surface area contributed by atoms with Crippen LogP contribution in [0, 0.1) is 16.8 Å². The average Bonchev–Trinajstić information content (AvgIpc) is 2.72. The van der Waals surface area contributed by atoms with Gasteiger partial charge in [0.05, 0.1) is 26.2 Å². The summed E-state index contributed by atoms with van der Waals surface area (Å²) in [7, 11) is 0. The molecule has 1 amide bonds. The van der Waals surface area contributed by atoms with Crippen molar-refractivity contribution in [2.75, 3.05) is 26.2 Å². The molecule has 0 atom stereocenters. The zero-order chi connectivity index (χ0) is 22.1. The van der Waals surface area contributed by atoms with Crippen LogP contribution in [0.3, 0.4) is 0 Å². The molecule has 0 aliphatic heterocycles. The summed E-state index contributed by atoms with van der Waals surface area (Å²) in [6.07, 6.45) is 11.1. The topological polar surface area (TPSA) is 52.2 Å². The number of rotatable bonds is 13. The maximum absolute atomic E-state index is 12.4. The van der Waals surface area contributed by atoms with E-state index in [0.29, 0.717) is 6.07 Å². The van der Waals surface area contributed by atoms with E-state index in [1.54, 1.807) is 0 Å². The van der Waals surface area contributed by atoms with E-state index in [1.807, 2.05) is 0 Å². The molecule has 4 nitrogen and oxygen atoms in total. The number of nitrogens with one attached hydrogen (secondary N) is 1. The summed E-state index contributed by atoms with van der Waals surface area (Å²) < 4.78 is 26.2. The molecule has 0 aliphatic rings. The van der Waals surface area contributed by atoms with Gasteiger partial charge < -0.3 is 15.2 Å². The molecule has 0 aliphatic carbocycles. The molecule has 6 heteroatoms. The Bertz CT molecular complexity index is 510. The third-order valence-corrected chi connectivity index (χ3v) is 5.16. The normalized spacial score (nSPS) is 11.0. The summed E-state index contributed by atoms with van der Waals surface area (Å²) >= 11 is 0. The van der Waals surface area contributed by atoms with E-state index in [1.165, 1.54) is 82.0 Å². The van der Waals surface area contributed by atoms with Crippen LogP contribution in [0.1, 0.15) is 89.4 Å². The van der Waals surface area contributed by atoms with E-state index in [-0.39, 0.29) is 5.56 Å². The highest BCUT2D eigenvalue weighted by atomic mass is 19.1. The third kappa shape index (κ3) is 11.9. The van der Waals surface area contributed by atoms with Gasteiger partial charge in [-0.3, -0.25) is 4.79 Å². The number of quaternary nitrogens is 1. The Morgan fingerprint density at radius 3 is 1.41 bits per heavy atom. The average molecular weight is 415 g/mol. The lowest BCUT2D eigenvalue weighted by Gasteiger charge is -2.39. The largest absolute Gasteiger partial charge is 0.759 e. The summed E-state index contributed by atoms with van der Waals surface area (Å²) in [6, 6.07) is 2.16. The lowest BCUT2D eigenvalue weighted by atomic mass is 10.1. The molecule has 0 heterocycles. The van der Waals surface area contributed by atoms with E-state index >= 15 is 0 Å². The molecule has 1 aromatic rings. The minimum absolute atomic E-state index is 0.331. The minimum atomic E-state index is -1.06. The predicted molar refractivity (Wildman–Crippen MR) is 117 cm³/mol.